The average molecular weight is 486 g/mol. The fraction of sp³-hybridized carbons (Fsp3) is 0.130. The number of rotatable bonds is 4. The highest BCUT2D eigenvalue weighted by atomic mass is 79.9. The van der Waals surface area contributed by atoms with Crippen molar-refractivity contribution in [1.29, 1.82) is 0 Å². The Balaban J connectivity index is 1.66. The zero-order valence-electron chi connectivity index (χ0n) is 16.1. The van der Waals surface area contributed by atoms with Crippen molar-refractivity contribution < 1.29 is 14.3 Å². The summed E-state index contributed by atoms with van der Waals surface area (Å²) >= 11 is 9.70. The first kappa shape index (κ1) is 20.4. The van der Waals surface area contributed by atoms with Crippen LogP contribution in [0.4, 0.5) is 11.4 Å². The van der Waals surface area contributed by atoms with Crippen molar-refractivity contribution in [3.8, 4) is 5.75 Å². The molecule has 0 saturated carbocycles. The summed E-state index contributed by atoms with van der Waals surface area (Å²) in [6.07, 6.45) is -0.610. The van der Waals surface area contributed by atoms with Crippen LogP contribution < -0.4 is 15.0 Å². The highest BCUT2D eigenvalue weighted by Crippen LogP contribution is 2.38. The molecule has 5 nitrogen and oxygen atoms in total. The summed E-state index contributed by atoms with van der Waals surface area (Å²) in [4.78, 5) is 27.2. The number of anilines is 2. The second-order valence-corrected chi connectivity index (χ2v) is 8.15. The Morgan fingerprint density at radius 1 is 1.13 bits per heavy atom. The van der Waals surface area contributed by atoms with Gasteiger partial charge >= 0.3 is 0 Å². The normalized spacial score (nSPS) is 15.4. The van der Waals surface area contributed by atoms with Crippen molar-refractivity contribution in [2.45, 2.75) is 19.6 Å². The summed E-state index contributed by atoms with van der Waals surface area (Å²) in [6, 6.07) is 19.8. The molecule has 3 aromatic carbocycles. The van der Waals surface area contributed by atoms with Crippen LogP contribution >= 0.6 is 27.5 Å². The number of ether oxygens (including phenoxy) is 1. The van der Waals surface area contributed by atoms with Gasteiger partial charge in [0.05, 0.1) is 17.8 Å². The van der Waals surface area contributed by atoms with Gasteiger partial charge in [0.15, 0.2) is 6.10 Å². The van der Waals surface area contributed by atoms with Crippen molar-refractivity contribution in [2.75, 3.05) is 10.2 Å². The number of carbonyl (C=O) groups excluding carboxylic acids is 2. The molecule has 1 atom stereocenters. The van der Waals surface area contributed by atoms with Gasteiger partial charge in [0.25, 0.3) is 11.8 Å². The molecule has 0 aromatic heterocycles. The second-order valence-electron chi connectivity index (χ2n) is 6.89. The second kappa shape index (κ2) is 8.50. The molecule has 7 heteroatoms. The molecule has 1 heterocycles. The minimum Gasteiger partial charge on any atom is -0.479 e. The van der Waals surface area contributed by atoms with E-state index in [-0.39, 0.29) is 11.8 Å². The standard InChI is InChI=1S/C23H18BrClN2O3/c1-14-23(29)27(13-15-6-2-5-9-19(15)25)20-12-16(10-11-21(20)30-14)26-22(28)17-7-3-4-8-18(17)24/h2-12,14H,13H2,1H3,(H,26,28). The molecular formula is C23H18BrClN2O3. The van der Waals surface area contributed by atoms with Crippen LogP contribution in [0.5, 0.6) is 5.75 Å². The molecule has 0 bridgehead atoms. The molecule has 1 unspecified atom stereocenters. The Kier molecular flexibility index (Phi) is 5.79. The monoisotopic (exact) mass is 484 g/mol. The Hall–Kier alpha value is -2.83. The largest absolute Gasteiger partial charge is 0.479 e. The maximum absolute atomic E-state index is 12.9. The van der Waals surface area contributed by atoms with Gasteiger partial charge in [0, 0.05) is 15.2 Å². The molecule has 1 N–H and O–H groups in total. The molecule has 0 saturated heterocycles. The van der Waals surface area contributed by atoms with Crippen LogP contribution in [0.2, 0.25) is 5.02 Å². The summed E-state index contributed by atoms with van der Waals surface area (Å²) in [5, 5.41) is 3.47. The van der Waals surface area contributed by atoms with Crippen molar-refractivity contribution in [1.82, 2.24) is 0 Å². The van der Waals surface area contributed by atoms with Gasteiger partial charge in [-0.05, 0) is 64.8 Å². The molecule has 30 heavy (non-hydrogen) atoms. The smallest absolute Gasteiger partial charge is 0.268 e. The third-order valence-corrected chi connectivity index (χ3v) is 5.89. The Morgan fingerprint density at radius 2 is 1.87 bits per heavy atom. The number of carbonyl (C=O) groups is 2. The number of halogens is 2. The fourth-order valence-corrected chi connectivity index (χ4v) is 3.95. The summed E-state index contributed by atoms with van der Waals surface area (Å²) < 4.78 is 6.46. The summed E-state index contributed by atoms with van der Waals surface area (Å²) in [7, 11) is 0. The van der Waals surface area contributed by atoms with Crippen LogP contribution in [-0.2, 0) is 11.3 Å². The zero-order valence-corrected chi connectivity index (χ0v) is 18.4. The van der Waals surface area contributed by atoms with Gasteiger partial charge in [-0.2, -0.15) is 0 Å². The molecule has 0 radical (unpaired) electrons. The molecule has 0 aliphatic carbocycles. The average Bonchev–Trinajstić information content (AvgIpc) is 2.73. The lowest BCUT2D eigenvalue weighted by Gasteiger charge is -2.33. The van der Waals surface area contributed by atoms with E-state index in [4.69, 9.17) is 16.3 Å². The van der Waals surface area contributed by atoms with Crippen molar-refractivity contribution in [3.63, 3.8) is 0 Å². The minimum atomic E-state index is -0.610. The quantitative estimate of drug-likeness (QED) is 0.518. The highest BCUT2D eigenvalue weighted by molar-refractivity contribution is 9.10. The fourth-order valence-electron chi connectivity index (χ4n) is 3.29. The lowest BCUT2D eigenvalue weighted by Crippen LogP contribution is -2.44. The first-order valence-electron chi connectivity index (χ1n) is 9.35. The number of hydrogen-bond acceptors (Lipinski definition) is 3. The maximum Gasteiger partial charge on any atom is 0.268 e. The SMILES string of the molecule is CC1Oc2ccc(NC(=O)c3ccccc3Br)cc2N(Cc2ccccc2Cl)C1=O. The van der Waals surface area contributed by atoms with E-state index in [1.807, 2.05) is 24.3 Å². The Bertz CT molecular complexity index is 1130. The number of nitrogens with one attached hydrogen (secondary N) is 1. The van der Waals surface area contributed by atoms with Gasteiger partial charge in [0.1, 0.15) is 5.75 Å². The number of hydrogen-bond donors (Lipinski definition) is 1. The van der Waals surface area contributed by atoms with Gasteiger partial charge in [-0.1, -0.05) is 41.9 Å². The van der Waals surface area contributed by atoms with E-state index >= 15 is 0 Å². The molecule has 3 aromatic rings. The number of benzene rings is 3. The molecular weight excluding hydrogens is 468 g/mol. The van der Waals surface area contributed by atoms with E-state index in [1.165, 1.54) is 0 Å². The van der Waals surface area contributed by atoms with E-state index in [0.29, 0.717) is 38.7 Å². The van der Waals surface area contributed by atoms with E-state index in [0.717, 1.165) is 5.56 Å². The molecule has 4 rings (SSSR count). The molecule has 1 aliphatic rings. The Morgan fingerprint density at radius 3 is 2.63 bits per heavy atom. The number of nitrogens with zero attached hydrogens (tertiary/aromatic N) is 1. The minimum absolute atomic E-state index is 0.170. The van der Waals surface area contributed by atoms with E-state index in [1.54, 1.807) is 54.3 Å². The predicted octanol–water partition coefficient (Wildman–Crippen LogP) is 5.67. The third-order valence-electron chi connectivity index (χ3n) is 4.83. The topological polar surface area (TPSA) is 58.6 Å². The summed E-state index contributed by atoms with van der Waals surface area (Å²) in [5.74, 6) is 0.154. The van der Waals surface area contributed by atoms with Crippen LogP contribution in [-0.4, -0.2) is 17.9 Å². The number of fused-ring (bicyclic) bond motifs is 1. The van der Waals surface area contributed by atoms with Crippen LogP contribution in [0, 0.1) is 0 Å². The Labute approximate surface area is 187 Å². The third kappa shape index (κ3) is 4.06. The molecule has 0 spiro atoms. The molecule has 152 valence electrons. The lowest BCUT2D eigenvalue weighted by molar-refractivity contribution is -0.125. The summed E-state index contributed by atoms with van der Waals surface area (Å²) in [6.45, 7) is 2.02. The molecule has 1 aliphatic heterocycles. The van der Waals surface area contributed by atoms with Crippen molar-refractivity contribution in [2.24, 2.45) is 0 Å². The lowest BCUT2D eigenvalue weighted by atomic mass is 10.1. The van der Waals surface area contributed by atoms with E-state index in [9.17, 15) is 9.59 Å². The van der Waals surface area contributed by atoms with Gasteiger partial charge in [-0.15, -0.1) is 0 Å². The van der Waals surface area contributed by atoms with Gasteiger partial charge in [0.2, 0.25) is 0 Å². The van der Waals surface area contributed by atoms with E-state index in [2.05, 4.69) is 21.2 Å². The van der Waals surface area contributed by atoms with Crippen molar-refractivity contribution in [3.05, 3.63) is 87.4 Å². The predicted molar refractivity (Wildman–Crippen MR) is 121 cm³/mol. The highest BCUT2D eigenvalue weighted by Gasteiger charge is 2.32. The first-order valence-corrected chi connectivity index (χ1v) is 10.5. The zero-order chi connectivity index (χ0) is 21.3. The summed E-state index contributed by atoms with van der Waals surface area (Å²) in [5.41, 5.74) is 2.49. The van der Waals surface area contributed by atoms with Crippen LogP contribution in [0.25, 0.3) is 0 Å². The first-order chi connectivity index (χ1) is 14.4. The maximum atomic E-state index is 12.9. The number of amides is 2. The van der Waals surface area contributed by atoms with Gasteiger partial charge in [-0.25, -0.2) is 0 Å². The van der Waals surface area contributed by atoms with Crippen LogP contribution in [0.15, 0.2) is 71.2 Å². The van der Waals surface area contributed by atoms with Crippen LogP contribution in [0.3, 0.4) is 0 Å². The van der Waals surface area contributed by atoms with Gasteiger partial charge < -0.3 is 15.0 Å². The van der Waals surface area contributed by atoms with Crippen LogP contribution in [0.1, 0.15) is 22.8 Å². The molecule has 2 amide bonds. The van der Waals surface area contributed by atoms with Gasteiger partial charge in [-0.3, -0.25) is 9.59 Å². The van der Waals surface area contributed by atoms with Crippen molar-refractivity contribution >= 4 is 50.7 Å². The molecule has 0 fully saturated rings. The van der Waals surface area contributed by atoms with E-state index < -0.39 is 6.10 Å².